The maximum Gasteiger partial charge on any atom is 0.410 e. The SMILES string of the molecule is CC1CC(CN(C)C(=O)OC(C)(C)C)c2ncccc21. The van der Waals surface area contributed by atoms with Gasteiger partial charge in [-0.05, 0) is 44.7 Å². The first kappa shape index (κ1) is 14.8. The molecule has 110 valence electrons. The lowest BCUT2D eigenvalue weighted by molar-refractivity contribution is 0.0287. The van der Waals surface area contributed by atoms with E-state index in [0.717, 1.165) is 12.1 Å². The first-order valence-corrected chi connectivity index (χ1v) is 7.17. The summed E-state index contributed by atoms with van der Waals surface area (Å²) in [5.74, 6) is 0.814. The van der Waals surface area contributed by atoms with Gasteiger partial charge in [0.1, 0.15) is 5.60 Å². The Morgan fingerprint density at radius 2 is 2.20 bits per heavy atom. The van der Waals surface area contributed by atoms with Gasteiger partial charge in [-0.3, -0.25) is 4.98 Å². The maximum absolute atomic E-state index is 12.0. The lowest BCUT2D eigenvalue weighted by atomic mass is 10.0. The standard InChI is InChI=1S/C16H24N2O2/c1-11-9-12(14-13(11)7-6-8-17-14)10-18(5)15(19)20-16(2,3)4/h6-8,11-12H,9-10H2,1-5H3. The van der Waals surface area contributed by atoms with Gasteiger partial charge in [-0.15, -0.1) is 0 Å². The molecule has 0 aliphatic heterocycles. The molecular weight excluding hydrogens is 252 g/mol. The number of carbonyl (C=O) groups excluding carboxylic acids is 1. The van der Waals surface area contributed by atoms with Crippen LogP contribution in [-0.4, -0.2) is 35.2 Å². The molecule has 1 aromatic rings. The summed E-state index contributed by atoms with van der Waals surface area (Å²) in [5.41, 5.74) is 2.00. The fraction of sp³-hybridized carbons (Fsp3) is 0.625. The van der Waals surface area contributed by atoms with Gasteiger partial charge >= 0.3 is 6.09 Å². The van der Waals surface area contributed by atoms with Crippen LogP contribution in [0, 0.1) is 0 Å². The van der Waals surface area contributed by atoms with Crippen molar-refractivity contribution < 1.29 is 9.53 Å². The highest BCUT2D eigenvalue weighted by Crippen LogP contribution is 2.40. The minimum Gasteiger partial charge on any atom is -0.444 e. The van der Waals surface area contributed by atoms with Gasteiger partial charge in [0, 0.05) is 31.4 Å². The molecule has 0 saturated heterocycles. The van der Waals surface area contributed by atoms with Gasteiger partial charge < -0.3 is 9.64 Å². The molecule has 1 aromatic heterocycles. The molecule has 0 N–H and O–H groups in total. The van der Waals surface area contributed by atoms with Crippen LogP contribution >= 0.6 is 0 Å². The molecule has 4 nitrogen and oxygen atoms in total. The Morgan fingerprint density at radius 1 is 1.50 bits per heavy atom. The number of amides is 1. The number of hydrogen-bond donors (Lipinski definition) is 0. The second-order valence-corrected chi connectivity index (χ2v) is 6.67. The lowest BCUT2D eigenvalue weighted by Crippen LogP contribution is -2.36. The van der Waals surface area contributed by atoms with Crippen LogP contribution in [0.1, 0.15) is 57.2 Å². The molecule has 0 radical (unpaired) electrons. The molecule has 1 amide bonds. The predicted octanol–water partition coefficient (Wildman–Crippen LogP) is 3.54. The molecule has 0 fully saturated rings. The van der Waals surface area contributed by atoms with E-state index in [4.69, 9.17) is 4.74 Å². The van der Waals surface area contributed by atoms with Crippen molar-refractivity contribution in [3.63, 3.8) is 0 Å². The molecule has 1 aliphatic rings. The van der Waals surface area contributed by atoms with Crippen molar-refractivity contribution in [2.75, 3.05) is 13.6 Å². The van der Waals surface area contributed by atoms with Gasteiger partial charge in [0.15, 0.2) is 0 Å². The van der Waals surface area contributed by atoms with Crippen molar-refractivity contribution in [1.29, 1.82) is 0 Å². The Bertz CT molecular complexity index is 493. The topological polar surface area (TPSA) is 42.4 Å². The quantitative estimate of drug-likeness (QED) is 0.829. The number of nitrogens with zero attached hydrogens (tertiary/aromatic N) is 2. The maximum atomic E-state index is 12.0. The van der Waals surface area contributed by atoms with Crippen molar-refractivity contribution in [3.05, 3.63) is 29.6 Å². The summed E-state index contributed by atoms with van der Waals surface area (Å²) in [6, 6.07) is 4.12. The molecule has 0 aromatic carbocycles. The van der Waals surface area contributed by atoms with E-state index in [1.165, 1.54) is 5.56 Å². The minimum atomic E-state index is -0.454. The number of pyridine rings is 1. The molecule has 4 heteroatoms. The lowest BCUT2D eigenvalue weighted by Gasteiger charge is -2.26. The molecule has 2 atom stereocenters. The Balaban J connectivity index is 2.03. The largest absolute Gasteiger partial charge is 0.444 e. The number of likely N-dealkylation sites (N-methyl/N-ethyl adjacent to an activating group) is 1. The zero-order chi connectivity index (χ0) is 14.9. The number of fused-ring (bicyclic) bond motifs is 1. The van der Waals surface area contributed by atoms with E-state index in [2.05, 4.69) is 18.0 Å². The van der Waals surface area contributed by atoms with E-state index in [1.807, 2.05) is 33.0 Å². The number of rotatable bonds is 2. The van der Waals surface area contributed by atoms with Crippen LogP contribution < -0.4 is 0 Å². The number of carbonyl (C=O) groups is 1. The summed E-state index contributed by atoms with van der Waals surface area (Å²) >= 11 is 0. The summed E-state index contributed by atoms with van der Waals surface area (Å²) in [6.07, 6.45) is 2.60. The van der Waals surface area contributed by atoms with Gasteiger partial charge in [-0.2, -0.15) is 0 Å². The van der Waals surface area contributed by atoms with Gasteiger partial charge in [-0.1, -0.05) is 13.0 Å². The van der Waals surface area contributed by atoms with Gasteiger partial charge in [0.2, 0.25) is 0 Å². The van der Waals surface area contributed by atoms with Crippen LogP contribution in [0.5, 0.6) is 0 Å². The van der Waals surface area contributed by atoms with E-state index in [0.29, 0.717) is 18.4 Å². The zero-order valence-corrected chi connectivity index (χ0v) is 13.0. The summed E-state index contributed by atoms with van der Waals surface area (Å²) < 4.78 is 5.39. The third kappa shape index (κ3) is 3.30. The molecule has 0 bridgehead atoms. The molecule has 0 spiro atoms. The van der Waals surface area contributed by atoms with Crippen LogP contribution in [0.15, 0.2) is 18.3 Å². The Hall–Kier alpha value is -1.58. The van der Waals surface area contributed by atoms with Gasteiger partial charge in [0.05, 0.1) is 0 Å². The smallest absolute Gasteiger partial charge is 0.410 e. The summed E-state index contributed by atoms with van der Waals surface area (Å²) in [6.45, 7) is 8.52. The van der Waals surface area contributed by atoms with Crippen molar-refractivity contribution in [2.24, 2.45) is 0 Å². The predicted molar refractivity (Wildman–Crippen MR) is 78.9 cm³/mol. The van der Waals surface area contributed by atoms with Crippen LogP contribution in [0.2, 0.25) is 0 Å². The third-order valence-corrected chi connectivity index (χ3v) is 3.63. The van der Waals surface area contributed by atoms with Crippen molar-refractivity contribution >= 4 is 6.09 Å². The molecule has 2 unspecified atom stereocenters. The second-order valence-electron chi connectivity index (χ2n) is 6.67. The average Bonchev–Trinajstić information content (AvgIpc) is 2.65. The van der Waals surface area contributed by atoms with E-state index in [9.17, 15) is 4.79 Å². The summed E-state index contributed by atoms with van der Waals surface area (Å²) in [5, 5.41) is 0. The van der Waals surface area contributed by atoms with Crippen molar-refractivity contribution in [2.45, 2.75) is 51.6 Å². The highest BCUT2D eigenvalue weighted by Gasteiger charge is 2.31. The monoisotopic (exact) mass is 276 g/mol. The minimum absolute atomic E-state index is 0.269. The molecule has 20 heavy (non-hydrogen) atoms. The van der Waals surface area contributed by atoms with Crippen LogP contribution in [-0.2, 0) is 4.74 Å². The van der Waals surface area contributed by atoms with E-state index < -0.39 is 5.60 Å². The molecule has 1 heterocycles. The van der Waals surface area contributed by atoms with Crippen LogP contribution in [0.25, 0.3) is 0 Å². The zero-order valence-electron chi connectivity index (χ0n) is 13.0. The van der Waals surface area contributed by atoms with E-state index >= 15 is 0 Å². The normalized spacial score (nSPS) is 21.4. The Labute approximate surface area is 121 Å². The molecule has 0 saturated carbocycles. The number of hydrogen-bond acceptors (Lipinski definition) is 3. The highest BCUT2D eigenvalue weighted by atomic mass is 16.6. The summed E-state index contributed by atoms with van der Waals surface area (Å²) in [4.78, 5) is 18.2. The fourth-order valence-electron chi connectivity index (χ4n) is 2.76. The average molecular weight is 276 g/mol. The van der Waals surface area contributed by atoms with Crippen molar-refractivity contribution in [3.8, 4) is 0 Å². The first-order valence-electron chi connectivity index (χ1n) is 7.17. The first-order chi connectivity index (χ1) is 9.28. The van der Waals surface area contributed by atoms with Gasteiger partial charge in [-0.25, -0.2) is 4.79 Å². The Kier molecular flexibility index (Phi) is 4.02. The number of ether oxygens (including phenoxy) is 1. The van der Waals surface area contributed by atoms with Crippen molar-refractivity contribution in [1.82, 2.24) is 9.88 Å². The highest BCUT2D eigenvalue weighted by molar-refractivity contribution is 5.67. The second kappa shape index (κ2) is 5.43. The molecular formula is C16H24N2O2. The molecule has 2 rings (SSSR count). The fourth-order valence-corrected chi connectivity index (χ4v) is 2.76. The molecule has 1 aliphatic carbocycles. The van der Waals surface area contributed by atoms with Gasteiger partial charge in [0.25, 0.3) is 0 Å². The summed E-state index contributed by atoms with van der Waals surface area (Å²) in [7, 11) is 1.79. The number of aromatic nitrogens is 1. The third-order valence-electron chi connectivity index (χ3n) is 3.63. The van der Waals surface area contributed by atoms with Crippen LogP contribution in [0.3, 0.4) is 0 Å². The van der Waals surface area contributed by atoms with E-state index in [1.54, 1.807) is 11.9 Å². The van der Waals surface area contributed by atoms with Crippen LogP contribution in [0.4, 0.5) is 4.79 Å². The Morgan fingerprint density at radius 3 is 2.85 bits per heavy atom. The van der Waals surface area contributed by atoms with E-state index in [-0.39, 0.29) is 6.09 Å².